The Morgan fingerprint density at radius 2 is 1.86 bits per heavy atom. The molecule has 21 heavy (non-hydrogen) atoms. The number of hydrogen-bond donors (Lipinski definition) is 1. The SMILES string of the molecule is Cc1nnc(COc2c(Br)cc(S(N)(=O)=O)cc2Br)n1C. The molecule has 114 valence electrons. The van der Waals surface area contributed by atoms with Crippen LogP contribution in [0.15, 0.2) is 26.0 Å². The Balaban J connectivity index is 2.27. The third-order valence-electron chi connectivity index (χ3n) is 2.83. The van der Waals surface area contributed by atoms with E-state index in [-0.39, 0.29) is 11.5 Å². The summed E-state index contributed by atoms with van der Waals surface area (Å²) in [7, 11) is -1.94. The van der Waals surface area contributed by atoms with Crippen LogP contribution >= 0.6 is 31.9 Å². The summed E-state index contributed by atoms with van der Waals surface area (Å²) in [5, 5.41) is 13.0. The number of sulfonamides is 1. The van der Waals surface area contributed by atoms with Gasteiger partial charge in [0.15, 0.2) is 5.82 Å². The van der Waals surface area contributed by atoms with E-state index in [2.05, 4.69) is 42.1 Å². The minimum Gasteiger partial charge on any atom is -0.483 e. The first-order valence-corrected chi connectivity index (χ1v) is 8.83. The highest BCUT2D eigenvalue weighted by molar-refractivity contribution is 9.11. The van der Waals surface area contributed by atoms with Crippen LogP contribution in [-0.4, -0.2) is 23.2 Å². The predicted molar refractivity (Wildman–Crippen MR) is 83.3 cm³/mol. The molecule has 0 saturated heterocycles. The molecule has 10 heteroatoms. The van der Waals surface area contributed by atoms with E-state index in [9.17, 15) is 8.42 Å². The Bertz CT molecular complexity index is 766. The largest absolute Gasteiger partial charge is 0.483 e. The van der Waals surface area contributed by atoms with Gasteiger partial charge in [0, 0.05) is 7.05 Å². The number of halogens is 2. The van der Waals surface area contributed by atoms with Gasteiger partial charge in [0.05, 0.1) is 13.8 Å². The zero-order valence-electron chi connectivity index (χ0n) is 11.2. The summed E-state index contributed by atoms with van der Waals surface area (Å²) in [5.74, 6) is 1.89. The molecule has 2 aromatic rings. The topological polar surface area (TPSA) is 100 Å². The molecule has 0 radical (unpaired) electrons. The molecule has 0 unspecified atom stereocenters. The lowest BCUT2D eigenvalue weighted by molar-refractivity contribution is 0.287. The molecule has 0 spiro atoms. The molecule has 1 heterocycles. The molecular weight excluding hydrogens is 428 g/mol. The van der Waals surface area contributed by atoms with Crippen molar-refractivity contribution < 1.29 is 13.2 Å². The first-order chi connectivity index (χ1) is 9.70. The van der Waals surface area contributed by atoms with Gasteiger partial charge in [0.2, 0.25) is 10.0 Å². The normalized spacial score (nSPS) is 11.7. The minimum absolute atomic E-state index is 0.0110. The number of rotatable bonds is 4. The second-order valence-corrected chi connectivity index (χ2v) is 7.54. The third kappa shape index (κ3) is 3.62. The average molecular weight is 440 g/mol. The van der Waals surface area contributed by atoms with E-state index in [1.54, 1.807) is 4.57 Å². The van der Waals surface area contributed by atoms with Crippen molar-refractivity contribution in [1.82, 2.24) is 14.8 Å². The van der Waals surface area contributed by atoms with Gasteiger partial charge in [-0.05, 0) is 50.9 Å². The Morgan fingerprint density at radius 1 is 1.29 bits per heavy atom. The molecule has 0 aliphatic rings. The monoisotopic (exact) mass is 438 g/mol. The van der Waals surface area contributed by atoms with E-state index in [1.165, 1.54) is 12.1 Å². The lowest BCUT2D eigenvalue weighted by atomic mass is 10.3. The van der Waals surface area contributed by atoms with Gasteiger partial charge in [-0.15, -0.1) is 10.2 Å². The van der Waals surface area contributed by atoms with E-state index in [1.807, 2.05) is 14.0 Å². The summed E-state index contributed by atoms with van der Waals surface area (Å²) in [6, 6.07) is 2.77. The minimum atomic E-state index is -3.78. The van der Waals surface area contributed by atoms with Gasteiger partial charge in [0.1, 0.15) is 18.2 Å². The van der Waals surface area contributed by atoms with Crippen LogP contribution in [0, 0.1) is 6.92 Å². The molecule has 0 saturated carbocycles. The Hall–Kier alpha value is -0.970. The van der Waals surface area contributed by atoms with Gasteiger partial charge in [-0.3, -0.25) is 0 Å². The molecule has 1 aromatic carbocycles. The number of ether oxygens (including phenoxy) is 1. The summed E-state index contributed by atoms with van der Waals surface area (Å²) >= 11 is 6.54. The van der Waals surface area contributed by atoms with E-state index in [4.69, 9.17) is 9.88 Å². The van der Waals surface area contributed by atoms with Gasteiger partial charge in [0.25, 0.3) is 0 Å². The van der Waals surface area contributed by atoms with E-state index in [0.29, 0.717) is 20.5 Å². The Kier molecular flexibility index (Phi) is 4.71. The van der Waals surface area contributed by atoms with Crippen LogP contribution in [0.5, 0.6) is 5.75 Å². The summed E-state index contributed by atoms with van der Waals surface area (Å²) in [6.45, 7) is 2.03. The highest BCUT2D eigenvalue weighted by Crippen LogP contribution is 2.36. The smallest absolute Gasteiger partial charge is 0.238 e. The van der Waals surface area contributed by atoms with Crippen LogP contribution in [0.3, 0.4) is 0 Å². The van der Waals surface area contributed by atoms with Gasteiger partial charge < -0.3 is 9.30 Å². The van der Waals surface area contributed by atoms with Crippen LogP contribution in [0.4, 0.5) is 0 Å². The fourth-order valence-corrected chi connectivity index (χ4v) is 3.83. The van der Waals surface area contributed by atoms with Gasteiger partial charge in [-0.1, -0.05) is 0 Å². The number of aryl methyl sites for hydroxylation is 1. The molecule has 0 fully saturated rings. The zero-order valence-corrected chi connectivity index (χ0v) is 15.2. The molecule has 0 aliphatic heterocycles. The second-order valence-electron chi connectivity index (χ2n) is 4.27. The van der Waals surface area contributed by atoms with Crippen molar-refractivity contribution in [1.29, 1.82) is 0 Å². The van der Waals surface area contributed by atoms with Gasteiger partial charge in [-0.2, -0.15) is 0 Å². The first-order valence-electron chi connectivity index (χ1n) is 5.69. The highest BCUT2D eigenvalue weighted by Gasteiger charge is 2.16. The van der Waals surface area contributed by atoms with E-state index >= 15 is 0 Å². The van der Waals surface area contributed by atoms with Crippen LogP contribution in [0.25, 0.3) is 0 Å². The number of primary sulfonamides is 1. The van der Waals surface area contributed by atoms with Gasteiger partial charge >= 0.3 is 0 Å². The molecule has 0 aliphatic carbocycles. The van der Waals surface area contributed by atoms with E-state index < -0.39 is 10.0 Å². The van der Waals surface area contributed by atoms with Crippen LogP contribution in [-0.2, 0) is 23.7 Å². The maximum atomic E-state index is 11.3. The summed E-state index contributed by atoms with van der Waals surface area (Å²) < 4.78 is 31.1. The van der Waals surface area contributed by atoms with Crippen molar-refractivity contribution >= 4 is 41.9 Å². The lowest BCUT2D eigenvalue weighted by Crippen LogP contribution is -2.12. The van der Waals surface area contributed by atoms with Crippen LogP contribution in [0.1, 0.15) is 11.6 Å². The Morgan fingerprint density at radius 3 is 2.29 bits per heavy atom. The molecule has 0 atom stereocenters. The third-order valence-corrected chi connectivity index (χ3v) is 4.90. The number of benzene rings is 1. The molecule has 1 aromatic heterocycles. The van der Waals surface area contributed by atoms with Crippen molar-refractivity contribution in [2.75, 3.05) is 0 Å². The van der Waals surface area contributed by atoms with Crippen molar-refractivity contribution in [3.63, 3.8) is 0 Å². The molecule has 2 rings (SSSR count). The number of nitrogens with zero attached hydrogens (tertiary/aromatic N) is 3. The standard InChI is InChI=1S/C11H12Br2N4O3S/c1-6-15-16-10(17(6)2)5-20-11-8(12)3-7(4-9(11)13)21(14,18)19/h3-4H,5H2,1-2H3,(H2,14,18,19). The maximum absolute atomic E-state index is 11.3. The molecule has 0 bridgehead atoms. The maximum Gasteiger partial charge on any atom is 0.238 e. The van der Waals surface area contributed by atoms with Crippen LogP contribution < -0.4 is 9.88 Å². The number of aromatic nitrogens is 3. The van der Waals surface area contributed by atoms with Gasteiger partial charge in [-0.25, -0.2) is 13.6 Å². The summed E-state index contributed by atoms with van der Waals surface area (Å²) in [5.41, 5.74) is 0. The molecule has 0 amide bonds. The predicted octanol–water partition coefficient (Wildman–Crippen LogP) is 1.87. The Labute approximate surface area is 138 Å². The fraction of sp³-hybridized carbons (Fsp3) is 0.273. The quantitative estimate of drug-likeness (QED) is 0.783. The fourth-order valence-electron chi connectivity index (χ4n) is 1.55. The number of nitrogens with two attached hydrogens (primary N) is 1. The molecule has 7 nitrogen and oxygen atoms in total. The van der Waals surface area contributed by atoms with E-state index in [0.717, 1.165) is 5.82 Å². The molecular formula is C11H12Br2N4O3S. The highest BCUT2D eigenvalue weighted by atomic mass is 79.9. The number of hydrogen-bond acceptors (Lipinski definition) is 5. The average Bonchev–Trinajstić information content (AvgIpc) is 2.68. The van der Waals surface area contributed by atoms with Crippen molar-refractivity contribution in [2.24, 2.45) is 12.2 Å². The zero-order chi connectivity index (χ0) is 15.8. The van der Waals surface area contributed by atoms with Crippen molar-refractivity contribution in [2.45, 2.75) is 18.4 Å². The summed E-state index contributed by atoms with van der Waals surface area (Å²) in [6.07, 6.45) is 0. The van der Waals surface area contributed by atoms with Crippen LogP contribution in [0.2, 0.25) is 0 Å². The van der Waals surface area contributed by atoms with Crippen molar-refractivity contribution in [3.8, 4) is 5.75 Å². The molecule has 2 N–H and O–H groups in total. The second kappa shape index (κ2) is 6.03. The van der Waals surface area contributed by atoms with Crippen molar-refractivity contribution in [3.05, 3.63) is 32.7 Å². The first kappa shape index (κ1) is 16.4. The lowest BCUT2D eigenvalue weighted by Gasteiger charge is -2.11. The summed E-state index contributed by atoms with van der Waals surface area (Å²) in [4.78, 5) is -0.0110.